The maximum absolute atomic E-state index is 13.5. The number of aromatic nitrogens is 4. The molecule has 0 fully saturated rings. The largest absolute Gasteiger partial charge is 0.338 e. The van der Waals surface area contributed by atoms with Gasteiger partial charge in [0.2, 0.25) is 5.95 Å². The molecule has 0 N–H and O–H groups in total. The van der Waals surface area contributed by atoms with Crippen LogP contribution in [0.2, 0.25) is 5.02 Å². The predicted molar refractivity (Wildman–Crippen MR) is 126 cm³/mol. The molecule has 0 unspecified atom stereocenters. The third-order valence-corrected chi connectivity index (χ3v) is 6.20. The Kier molecular flexibility index (Phi) is 5.13. The second-order valence-electron chi connectivity index (χ2n) is 8.53. The Morgan fingerprint density at radius 1 is 1.00 bits per heavy atom. The molecule has 8 heteroatoms. The van der Waals surface area contributed by atoms with Gasteiger partial charge in [0.1, 0.15) is 0 Å². The summed E-state index contributed by atoms with van der Waals surface area (Å²) in [5, 5.41) is 0.570. The highest BCUT2D eigenvalue weighted by Gasteiger charge is 2.29. The second-order valence-corrected chi connectivity index (χ2v) is 8.97. The van der Waals surface area contributed by atoms with Crippen LogP contribution in [-0.4, -0.2) is 25.2 Å². The minimum atomic E-state index is -0.388. The van der Waals surface area contributed by atoms with Crippen molar-refractivity contribution in [2.75, 3.05) is 11.4 Å². The van der Waals surface area contributed by atoms with E-state index >= 15 is 0 Å². The highest BCUT2D eigenvalue weighted by atomic mass is 35.5. The molecule has 0 spiro atoms. The van der Waals surface area contributed by atoms with Gasteiger partial charge in [0.25, 0.3) is 5.56 Å². The predicted octanol–water partition coefficient (Wildman–Crippen LogP) is 3.25. The molecule has 1 aliphatic rings. The molecule has 164 valence electrons. The standard InChI is InChI=1S/C24H24ClN5O2/c1-16-12-28(14-17-7-4-3-5-8-17)23-26-21-20(29(23)13-16)22(31)30(24(32)27(21)2)15-18-9-6-10-19(25)11-18/h3-11,16H,12-15H2,1-2H3/t16-/m0/s1. The van der Waals surface area contributed by atoms with Crippen molar-refractivity contribution in [1.82, 2.24) is 18.7 Å². The van der Waals surface area contributed by atoms with Crippen LogP contribution >= 0.6 is 11.6 Å². The molecule has 32 heavy (non-hydrogen) atoms. The van der Waals surface area contributed by atoms with Crippen LogP contribution in [0.15, 0.2) is 64.2 Å². The zero-order valence-corrected chi connectivity index (χ0v) is 18.8. The first-order valence-electron chi connectivity index (χ1n) is 10.7. The van der Waals surface area contributed by atoms with E-state index in [1.165, 1.54) is 14.7 Å². The minimum absolute atomic E-state index is 0.159. The van der Waals surface area contributed by atoms with Crippen molar-refractivity contribution < 1.29 is 0 Å². The topological polar surface area (TPSA) is 65.1 Å². The van der Waals surface area contributed by atoms with Gasteiger partial charge < -0.3 is 9.47 Å². The molecule has 1 atom stereocenters. The number of rotatable bonds is 4. The van der Waals surface area contributed by atoms with Crippen LogP contribution in [0.3, 0.4) is 0 Å². The van der Waals surface area contributed by atoms with Crippen molar-refractivity contribution in [1.29, 1.82) is 0 Å². The number of fused-ring (bicyclic) bond motifs is 3. The highest BCUT2D eigenvalue weighted by Crippen LogP contribution is 2.28. The molecular formula is C24H24ClN5O2. The van der Waals surface area contributed by atoms with Crippen molar-refractivity contribution in [2.45, 2.75) is 26.6 Å². The second kappa shape index (κ2) is 7.98. The summed E-state index contributed by atoms with van der Waals surface area (Å²) in [4.78, 5) is 33.6. The monoisotopic (exact) mass is 449 g/mol. The molecule has 0 bridgehead atoms. The highest BCUT2D eigenvalue weighted by molar-refractivity contribution is 6.30. The van der Waals surface area contributed by atoms with E-state index in [0.717, 1.165) is 18.1 Å². The molecular weight excluding hydrogens is 426 g/mol. The van der Waals surface area contributed by atoms with E-state index in [1.807, 2.05) is 34.9 Å². The fourth-order valence-electron chi connectivity index (χ4n) is 4.50. The zero-order chi connectivity index (χ0) is 22.4. The van der Waals surface area contributed by atoms with Gasteiger partial charge in [0.15, 0.2) is 11.2 Å². The number of nitrogens with zero attached hydrogens (tertiary/aromatic N) is 5. The lowest BCUT2D eigenvalue weighted by Crippen LogP contribution is -2.41. The molecule has 3 heterocycles. The van der Waals surface area contributed by atoms with Gasteiger partial charge in [-0.1, -0.05) is 61.0 Å². The summed E-state index contributed by atoms with van der Waals surface area (Å²) >= 11 is 6.10. The maximum atomic E-state index is 13.5. The summed E-state index contributed by atoms with van der Waals surface area (Å²) in [7, 11) is 1.67. The summed E-state index contributed by atoms with van der Waals surface area (Å²) in [6, 6.07) is 17.4. The van der Waals surface area contributed by atoms with Crippen LogP contribution in [0, 0.1) is 5.92 Å². The van der Waals surface area contributed by atoms with Gasteiger partial charge in [-0.3, -0.25) is 13.9 Å². The number of anilines is 1. The summed E-state index contributed by atoms with van der Waals surface area (Å²) in [5.74, 6) is 1.07. The molecule has 0 radical (unpaired) electrons. The van der Waals surface area contributed by atoms with Crippen molar-refractivity contribution in [2.24, 2.45) is 13.0 Å². The number of hydrogen-bond donors (Lipinski definition) is 0. The Balaban J connectivity index is 1.66. The number of benzene rings is 2. The van der Waals surface area contributed by atoms with E-state index in [2.05, 4.69) is 24.0 Å². The number of hydrogen-bond acceptors (Lipinski definition) is 4. The van der Waals surface area contributed by atoms with Crippen LogP contribution in [0.1, 0.15) is 18.1 Å². The molecule has 0 amide bonds. The van der Waals surface area contributed by atoms with Gasteiger partial charge in [-0.05, 0) is 29.2 Å². The van der Waals surface area contributed by atoms with Crippen molar-refractivity contribution >= 4 is 28.7 Å². The quantitative estimate of drug-likeness (QED) is 0.479. The maximum Gasteiger partial charge on any atom is 0.332 e. The third-order valence-electron chi connectivity index (χ3n) is 5.97. The summed E-state index contributed by atoms with van der Waals surface area (Å²) in [6.45, 7) is 4.54. The molecule has 0 saturated heterocycles. The minimum Gasteiger partial charge on any atom is -0.338 e. The van der Waals surface area contributed by atoms with E-state index in [4.69, 9.17) is 16.6 Å². The smallest absolute Gasteiger partial charge is 0.332 e. The first-order chi connectivity index (χ1) is 15.4. The average molecular weight is 450 g/mol. The van der Waals surface area contributed by atoms with Gasteiger partial charge >= 0.3 is 5.69 Å². The summed E-state index contributed by atoms with van der Waals surface area (Å²) < 4.78 is 4.71. The Morgan fingerprint density at radius 2 is 1.75 bits per heavy atom. The van der Waals surface area contributed by atoms with Crippen molar-refractivity contribution in [3.05, 3.63) is 91.6 Å². The van der Waals surface area contributed by atoms with Gasteiger partial charge in [0.05, 0.1) is 6.54 Å². The lowest BCUT2D eigenvalue weighted by atomic mass is 10.1. The molecule has 5 rings (SSSR count). The first kappa shape index (κ1) is 20.6. The Hall–Kier alpha value is -3.32. The molecule has 4 aromatic rings. The third kappa shape index (κ3) is 3.52. The lowest BCUT2D eigenvalue weighted by molar-refractivity contribution is 0.435. The molecule has 2 aromatic carbocycles. The van der Waals surface area contributed by atoms with E-state index < -0.39 is 0 Å². The Labute approximate surface area is 190 Å². The van der Waals surface area contributed by atoms with Crippen LogP contribution < -0.4 is 16.1 Å². The lowest BCUT2D eigenvalue weighted by Gasteiger charge is -2.33. The Bertz CT molecular complexity index is 1420. The van der Waals surface area contributed by atoms with E-state index in [9.17, 15) is 9.59 Å². The zero-order valence-electron chi connectivity index (χ0n) is 18.0. The van der Waals surface area contributed by atoms with Gasteiger partial charge in [-0.25, -0.2) is 4.79 Å². The summed E-state index contributed by atoms with van der Waals surface area (Å²) in [6.07, 6.45) is 0. The van der Waals surface area contributed by atoms with E-state index in [1.54, 1.807) is 19.2 Å². The fourth-order valence-corrected chi connectivity index (χ4v) is 4.71. The van der Waals surface area contributed by atoms with Crippen LogP contribution in [0.4, 0.5) is 5.95 Å². The average Bonchev–Trinajstić information content (AvgIpc) is 3.16. The van der Waals surface area contributed by atoms with Crippen LogP contribution in [0.5, 0.6) is 0 Å². The number of aryl methyl sites for hydroxylation is 1. The van der Waals surface area contributed by atoms with Gasteiger partial charge in [0, 0.05) is 31.7 Å². The number of halogens is 1. The van der Waals surface area contributed by atoms with E-state index in [-0.39, 0.29) is 17.8 Å². The van der Waals surface area contributed by atoms with Crippen molar-refractivity contribution in [3.63, 3.8) is 0 Å². The molecule has 0 saturated carbocycles. The first-order valence-corrected chi connectivity index (χ1v) is 11.0. The molecule has 7 nitrogen and oxygen atoms in total. The molecule has 0 aliphatic carbocycles. The fraction of sp³-hybridized carbons (Fsp3) is 0.292. The van der Waals surface area contributed by atoms with Crippen molar-refractivity contribution in [3.8, 4) is 0 Å². The van der Waals surface area contributed by atoms with Crippen LogP contribution in [-0.2, 0) is 26.7 Å². The number of imidazole rings is 1. The van der Waals surface area contributed by atoms with E-state index in [0.29, 0.717) is 35.2 Å². The van der Waals surface area contributed by atoms with Gasteiger partial charge in [-0.15, -0.1) is 0 Å². The molecule has 2 aromatic heterocycles. The molecule has 1 aliphatic heterocycles. The Morgan fingerprint density at radius 3 is 2.50 bits per heavy atom. The summed E-state index contributed by atoms with van der Waals surface area (Å²) in [5.41, 5.74) is 2.15. The normalized spacial score (nSPS) is 15.8. The van der Waals surface area contributed by atoms with Crippen LogP contribution in [0.25, 0.3) is 11.2 Å². The van der Waals surface area contributed by atoms with Gasteiger partial charge in [-0.2, -0.15) is 4.98 Å². The SMILES string of the molecule is C[C@H]1CN(Cc2ccccc2)c2nc3c(c(=O)n(Cc4cccc(Cl)c4)c(=O)n3C)n2C1.